The van der Waals surface area contributed by atoms with E-state index >= 15 is 0 Å². The minimum atomic E-state index is 0. The van der Waals surface area contributed by atoms with E-state index in [2.05, 4.69) is 35.1 Å². The summed E-state index contributed by atoms with van der Waals surface area (Å²) in [5.41, 5.74) is 8.93. The molecule has 0 aliphatic heterocycles. The summed E-state index contributed by atoms with van der Waals surface area (Å²) in [7, 11) is 3.77. The highest BCUT2D eigenvalue weighted by atomic mass is 127. The van der Waals surface area contributed by atoms with Gasteiger partial charge in [0.05, 0.1) is 7.11 Å². The first kappa shape index (κ1) is 17.4. The summed E-state index contributed by atoms with van der Waals surface area (Å²) >= 11 is 0. The average molecular weight is 415 g/mol. The Bertz CT molecular complexity index is 543. The van der Waals surface area contributed by atoms with Gasteiger partial charge >= 0.3 is 0 Å². The van der Waals surface area contributed by atoms with Crippen molar-refractivity contribution < 1.29 is 4.74 Å². The summed E-state index contributed by atoms with van der Waals surface area (Å²) in [4.78, 5) is 6.76. The number of fused-ring (bicyclic) bond motifs is 1. The molecular weight excluding hydrogens is 389 g/mol. The number of halogens is 1. The van der Waals surface area contributed by atoms with Gasteiger partial charge in [0.25, 0.3) is 0 Å². The molecule has 0 heterocycles. The summed E-state index contributed by atoms with van der Waals surface area (Å²) < 4.78 is 5.32. The fourth-order valence-electron chi connectivity index (χ4n) is 3.17. The Balaban J connectivity index is 0.00000176. The number of benzene rings is 1. The molecule has 1 saturated carbocycles. The maximum absolute atomic E-state index is 6.10. The quantitative estimate of drug-likeness (QED) is 0.467. The van der Waals surface area contributed by atoms with Crippen molar-refractivity contribution in [1.29, 1.82) is 0 Å². The van der Waals surface area contributed by atoms with Crippen LogP contribution < -0.4 is 10.5 Å². The molecule has 0 amide bonds. The van der Waals surface area contributed by atoms with Crippen LogP contribution in [-0.2, 0) is 6.42 Å². The van der Waals surface area contributed by atoms with Crippen LogP contribution in [0.2, 0.25) is 0 Å². The zero-order valence-electron chi connectivity index (χ0n) is 13.4. The number of guanidine groups is 1. The zero-order chi connectivity index (χ0) is 14.8. The minimum Gasteiger partial charge on any atom is -0.497 e. The predicted octanol–water partition coefficient (Wildman–Crippen LogP) is 3.14. The first-order valence-corrected chi connectivity index (χ1v) is 7.88. The third kappa shape index (κ3) is 3.86. The second-order valence-electron chi connectivity index (χ2n) is 6.19. The van der Waals surface area contributed by atoms with E-state index in [9.17, 15) is 0 Å². The second kappa shape index (κ2) is 7.53. The van der Waals surface area contributed by atoms with E-state index in [0.717, 1.165) is 18.7 Å². The highest BCUT2D eigenvalue weighted by Crippen LogP contribution is 2.34. The first-order valence-electron chi connectivity index (χ1n) is 7.88. The van der Waals surface area contributed by atoms with Gasteiger partial charge in [-0.2, -0.15) is 0 Å². The van der Waals surface area contributed by atoms with E-state index in [1.54, 1.807) is 7.11 Å². The molecule has 0 saturated heterocycles. The van der Waals surface area contributed by atoms with E-state index in [1.807, 2.05) is 0 Å². The zero-order valence-corrected chi connectivity index (χ0v) is 15.7. The van der Waals surface area contributed by atoms with Gasteiger partial charge in [0.15, 0.2) is 5.96 Å². The van der Waals surface area contributed by atoms with Crippen molar-refractivity contribution in [3.8, 4) is 5.75 Å². The maximum Gasteiger partial charge on any atom is 0.191 e. The molecule has 0 radical (unpaired) electrons. The van der Waals surface area contributed by atoms with E-state index < -0.39 is 0 Å². The Labute approximate surface area is 150 Å². The minimum absolute atomic E-state index is 0. The molecule has 3 rings (SSSR count). The summed E-state index contributed by atoms with van der Waals surface area (Å²) in [6.07, 6.45) is 6.06. The molecule has 2 N–H and O–H groups in total. The average Bonchev–Trinajstić information content (AvgIpc) is 3.35. The second-order valence-corrected chi connectivity index (χ2v) is 6.19. The monoisotopic (exact) mass is 415 g/mol. The lowest BCUT2D eigenvalue weighted by molar-refractivity contribution is 0.413. The fraction of sp³-hybridized carbons (Fsp3) is 0.588. The smallest absolute Gasteiger partial charge is 0.191 e. The van der Waals surface area contributed by atoms with E-state index in [-0.39, 0.29) is 24.0 Å². The van der Waals surface area contributed by atoms with Gasteiger partial charge in [-0.3, -0.25) is 4.99 Å². The molecule has 1 unspecified atom stereocenters. The summed E-state index contributed by atoms with van der Waals surface area (Å²) in [5, 5.41) is 0. The van der Waals surface area contributed by atoms with E-state index in [1.165, 1.54) is 36.8 Å². The summed E-state index contributed by atoms with van der Waals surface area (Å²) in [5.74, 6) is 2.13. The molecule has 1 atom stereocenters. The van der Waals surface area contributed by atoms with Crippen molar-refractivity contribution in [2.24, 2.45) is 10.7 Å². The van der Waals surface area contributed by atoms with Gasteiger partial charge in [-0.25, -0.2) is 0 Å². The van der Waals surface area contributed by atoms with Gasteiger partial charge in [-0.1, -0.05) is 6.07 Å². The fourth-order valence-corrected chi connectivity index (χ4v) is 3.17. The van der Waals surface area contributed by atoms with E-state index in [0.29, 0.717) is 17.9 Å². The number of nitrogens with zero attached hydrogens (tertiary/aromatic N) is 2. The number of aryl methyl sites for hydroxylation is 1. The number of rotatable bonds is 4. The molecule has 4 nitrogen and oxygen atoms in total. The Morgan fingerprint density at radius 3 is 2.82 bits per heavy atom. The van der Waals surface area contributed by atoms with Gasteiger partial charge in [0.1, 0.15) is 5.75 Å². The van der Waals surface area contributed by atoms with Gasteiger partial charge in [0, 0.05) is 25.6 Å². The number of aliphatic imine (C=N–C) groups is 1. The predicted molar refractivity (Wildman–Crippen MR) is 101 cm³/mol. The van der Waals surface area contributed by atoms with Gasteiger partial charge in [-0.15, -0.1) is 24.0 Å². The van der Waals surface area contributed by atoms with Gasteiger partial charge in [-0.05, 0) is 55.4 Å². The van der Waals surface area contributed by atoms with Crippen molar-refractivity contribution in [3.63, 3.8) is 0 Å². The van der Waals surface area contributed by atoms with Crippen LogP contribution in [0.15, 0.2) is 23.2 Å². The Morgan fingerprint density at radius 1 is 1.36 bits per heavy atom. The third-order valence-corrected chi connectivity index (χ3v) is 4.72. The van der Waals surface area contributed by atoms with Crippen LogP contribution in [0.1, 0.15) is 42.7 Å². The van der Waals surface area contributed by atoms with Crippen LogP contribution in [-0.4, -0.2) is 37.6 Å². The number of hydrogen-bond donors (Lipinski definition) is 1. The molecule has 2 aliphatic rings. The Morgan fingerprint density at radius 2 is 2.14 bits per heavy atom. The van der Waals surface area contributed by atoms with Crippen molar-refractivity contribution in [3.05, 3.63) is 29.3 Å². The molecule has 22 heavy (non-hydrogen) atoms. The largest absolute Gasteiger partial charge is 0.497 e. The lowest BCUT2D eigenvalue weighted by Gasteiger charge is -2.25. The number of ether oxygens (including phenoxy) is 1. The standard InChI is InChI=1S/C17H25N3O.HI/c1-20(14-6-7-14)17(18)19-11-13-5-3-4-12-10-15(21-2)8-9-16(12)13;/h8-10,13-14H,3-7,11H2,1-2H3,(H2,18,19);1H. The summed E-state index contributed by atoms with van der Waals surface area (Å²) in [6, 6.07) is 7.05. The lowest BCUT2D eigenvalue weighted by Crippen LogP contribution is -2.36. The van der Waals surface area contributed by atoms with Crippen LogP contribution in [0.4, 0.5) is 0 Å². The molecule has 1 aromatic rings. The van der Waals surface area contributed by atoms with Crippen molar-refractivity contribution in [2.75, 3.05) is 20.7 Å². The molecule has 1 fully saturated rings. The van der Waals surface area contributed by atoms with Crippen LogP contribution in [0.25, 0.3) is 0 Å². The van der Waals surface area contributed by atoms with Crippen LogP contribution in [0.5, 0.6) is 5.75 Å². The molecule has 0 aromatic heterocycles. The maximum atomic E-state index is 6.10. The molecule has 2 aliphatic carbocycles. The van der Waals surface area contributed by atoms with E-state index in [4.69, 9.17) is 10.5 Å². The van der Waals surface area contributed by atoms with Crippen LogP contribution in [0, 0.1) is 0 Å². The van der Waals surface area contributed by atoms with Gasteiger partial charge < -0.3 is 15.4 Å². The van der Waals surface area contributed by atoms with Crippen molar-refractivity contribution in [2.45, 2.75) is 44.1 Å². The lowest BCUT2D eigenvalue weighted by atomic mass is 9.83. The molecular formula is C17H26IN3O. The molecule has 1 aromatic carbocycles. The SMILES string of the molecule is COc1ccc2c(c1)CCCC2CN=C(N)N(C)C1CC1.I. The molecule has 0 bridgehead atoms. The molecule has 122 valence electrons. The highest BCUT2D eigenvalue weighted by molar-refractivity contribution is 14.0. The van der Waals surface area contributed by atoms with Crippen LogP contribution in [0.3, 0.4) is 0 Å². The normalized spacial score (nSPS) is 20.8. The Kier molecular flexibility index (Phi) is 5.94. The third-order valence-electron chi connectivity index (χ3n) is 4.72. The first-order chi connectivity index (χ1) is 10.2. The number of nitrogens with two attached hydrogens (primary N) is 1. The number of hydrogen-bond acceptors (Lipinski definition) is 2. The highest BCUT2D eigenvalue weighted by Gasteiger charge is 2.27. The van der Waals surface area contributed by atoms with Gasteiger partial charge in [0.2, 0.25) is 0 Å². The van der Waals surface area contributed by atoms with Crippen LogP contribution >= 0.6 is 24.0 Å². The summed E-state index contributed by atoms with van der Waals surface area (Å²) in [6.45, 7) is 0.794. The number of methoxy groups -OCH3 is 1. The van der Waals surface area contributed by atoms with Crippen molar-refractivity contribution >= 4 is 29.9 Å². The Hall–Kier alpha value is -0.980. The molecule has 0 spiro atoms. The van der Waals surface area contributed by atoms with Crippen molar-refractivity contribution in [1.82, 2.24) is 4.90 Å². The molecule has 5 heteroatoms. The topological polar surface area (TPSA) is 50.9 Å².